The van der Waals surface area contributed by atoms with Crippen LogP contribution in [0, 0.1) is 5.41 Å². The van der Waals surface area contributed by atoms with Crippen LogP contribution < -0.4 is 5.32 Å². The van der Waals surface area contributed by atoms with Crippen LogP contribution in [-0.2, 0) is 11.2 Å². The van der Waals surface area contributed by atoms with Crippen LogP contribution in [0.15, 0.2) is 5.38 Å². The van der Waals surface area contributed by atoms with Gasteiger partial charge in [0.2, 0.25) is 0 Å². The Morgan fingerprint density at radius 2 is 2.38 bits per heavy atom. The van der Waals surface area contributed by atoms with E-state index in [9.17, 15) is 0 Å². The lowest BCUT2D eigenvalue weighted by molar-refractivity contribution is 0.175. The highest BCUT2D eigenvalue weighted by Crippen LogP contribution is 2.48. The van der Waals surface area contributed by atoms with Gasteiger partial charge in [-0.1, -0.05) is 6.92 Å². The molecule has 1 saturated carbocycles. The summed E-state index contributed by atoms with van der Waals surface area (Å²) in [6, 6.07) is 0. The van der Waals surface area contributed by atoms with Crippen LogP contribution in [0.25, 0.3) is 0 Å². The molecular weight excluding hydrogens is 220 g/mol. The smallest absolute Gasteiger partial charge is 0.182 e. The fourth-order valence-electron chi connectivity index (χ4n) is 1.82. The lowest BCUT2D eigenvalue weighted by Crippen LogP contribution is -2.17. The number of aryl methyl sites for hydroxylation is 1. The van der Waals surface area contributed by atoms with Crippen molar-refractivity contribution in [2.45, 2.75) is 32.6 Å². The highest BCUT2D eigenvalue weighted by molar-refractivity contribution is 7.13. The van der Waals surface area contributed by atoms with Crippen LogP contribution in [0.1, 0.15) is 31.9 Å². The monoisotopic (exact) mass is 240 g/mol. The average molecular weight is 240 g/mol. The van der Waals surface area contributed by atoms with Gasteiger partial charge in [-0.15, -0.1) is 11.3 Å². The molecule has 3 nitrogen and oxygen atoms in total. The summed E-state index contributed by atoms with van der Waals surface area (Å²) in [5.41, 5.74) is 1.68. The second kappa shape index (κ2) is 5.15. The van der Waals surface area contributed by atoms with Gasteiger partial charge in [-0.3, -0.25) is 0 Å². The summed E-state index contributed by atoms with van der Waals surface area (Å²) in [6.45, 7) is 4.06. The Hall–Kier alpha value is -0.610. The maximum absolute atomic E-state index is 5.15. The summed E-state index contributed by atoms with van der Waals surface area (Å²) in [6.07, 6.45) is 4.85. The maximum atomic E-state index is 5.15. The molecule has 0 amide bonds. The minimum Gasteiger partial charge on any atom is -0.385 e. The van der Waals surface area contributed by atoms with Gasteiger partial charge >= 0.3 is 0 Å². The molecule has 90 valence electrons. The summed E-state index contributed by atoms with van der Waals surface area (Å²) in [5.74, 6) is 0. The first kappa shape index (κ1) is 11.9. The maximum Gasteiger partial charge on any atom is 0.182 e. The molecule has 0 saturated heterocycles. The van der Waals surface area contributed by atoms with E-state index in [1.165, 1.54) is 25.0 Å². The first-order valence-corrected chi connectivity index (χ1v) is 6.83. The predicted molar refractivity (Wildman–Crippen MR) is 68.1 cm³/mol. The van der Waals surface area contributed by atoms with E-state index in [-0.39, 0.29) is 0 Å². The number of ether oxygens (including phenoxy) is 1. The molecule has 1 aliphatic rings. The molecule has 1 aromatic rings. The van der Waals surface area contributed by atoms with Gasteiger partial charge in [-0.2, -0.15) is 0 Å². The molecule has 4 heteroatoms. The number of aromatic nitrogens is 1. The van der Waals surface area contributed by atoms with Crippen LogP contribution in [0.5, 0.6) is 0 Å². The molecule has 1 aromatic heterocycles. The van der Waals surface area contributed by atoms with E-state index < -0.39 is 0 Å². The molecule has 1 heterocycles. The van der Waals surface area contributed by atoms with Crippen LogP contribution in [0.2, 0.25) is 0 Å². The number of methoxy groups -OCH3 is 1. The Kier molecular flexibility index (Phi) is 3.82. The van der Waals surface area contributed by atoms with Crippen molar-refractivity contribution in [2.24, 2.45) is 5.41 Å². The van der Waals surface area contributed by atoms with Gasteiger partial charge in [0.15, 0.2) is 5.13 Å². The van der Waals surface area contributed by atoms with Crippen molar-refractivity contribution >= 4 is 16.5 Å². The molecule has 0 bridgehead atoms. The summed E-state index contributed by atoms with van der Waals surface area (Å²) < 4.78 is 5.15. The van der Waals surface area contributed by atoms with Crippen molar-refractivity contribution < 1.29 is 4.74 Å². The summed E-state index contributed by atoms with van der Waals surface area (Å²) in [7, 11) is 1.78. The molecule has 1 aliphatic carbocycles. The van der Waals surface area contributed by atoms with Crippen molar-refractivity contribution in [3.63, 3.8) is 0 Å². The number of anilines is 1. The lowest BCUT2D eigenvalue weighted by atomic mass is 10.0. The molecule has 2 rings (SSSR count). The third-order valence-electron chi connectivity index (χ3n) is 3.32. The van der Waals surface area contributed by atoms with Crippen LogP contribution in [-0.4, -0.2) is 25.2 Å². The van der Waals surface area contributed by atoms with E-state index in [0.29, 0.717) is 5.41 Å². The first-order chi connectivity index (χ1) is 7.78. The molecule has 16 heavy (non-hydrogen) atoms. The van der Waals surface area contributed by atoms with E-state index in [1.54, 1.807) is 18.4 Å². The summed E-state index contributed by atoms with van der Waals surface area (Å²) in [5, 5.41) is 6.67. The zero-order valence-electron chi connectivity index (χ0n) is 10.1. The normalized spacial score (nSPS) is 17.4. The van der Waals surface area contributed by atoms with Crippen LogP contribution in [0.4, 0.5) is 5.13 Å². The highest BCUT2D eigenvalue weighted by Gasteiger charge is 2.41. The number of hydrogen-bond donors (Lipinski definition) is 1. The molecular formula is C12H20N2OS. The largest absolute Gasteiger partial charge is 0.385 e. The van der Waals surface area contributed by atoms with Crippen molar-refractivity contribution in [2.75, 3.05) is 25.6 Å². The standard InChI is InChI=1S/C12H20N2OS/c1-3-10-8-16-11(14-10)13-9-12(4-5-12)6-7-15-2/h8H,3-7,9H2,1-2H3,(H,13,14). The van der Waals surface area contributed by atoms with Crippen LogP contribution >= 0.6 is 11.3 Å². The first-order valence-electron chi connectivity index (χ1n) is 5.95. The van der Waals surface area contributed by atoms with Crippen molar-refractivity contribution in [3.05, 3.63) is 11.1 Å². The Morgan fingerprint density at radius 3 is 2.94 bits per heavy atom. The Labute approximate surface area is 101 Å². The zero-order valence-corrected chi connectivity index (χ0v) is 10.9. The summed E-state index contributed by atoms with van der Waals surface area (Å²) >= 11 is 1.71. The third-order valence-corrected chi connectivity index (χ3v) is 4.17. The molecule has 0 unspecified atom stereocenters. The number of hydrogen-bond acceptors (Lipinski definition) is 4. The van der Waals surface area contributed by atoms with Gasteiger partial charge in [-0.05, 0) is 31.1 Å². The average Bonchev–Trinajstić information content (AvgIpc) is 2.93. The molecule has 0 radical (unpaired) electrons. The van der Waals surface area contributed by atoms with Gasteiger partial charge in [0, 0.05) is 25.6 Å². The predicted octanol–water partition coefficient (Wildman–Crippen LogP) is 2.93. The van der Waals surface area contributed by atoms with Crippen LogP contribution in [0.3, 0.4) is 0 Å². The minimum absolute atomic E-state index is 0.494. The fourth-order valence-corrected chi connectivity index (χ4v) is 2.62. The SMILES string of the molecule is CCc1csc(NCC2(CCOC)CC2)n1. The highest BCUT2D eigenvalue weighted by atomic mass is 32.1. The van der Waals surface area contributed by atoms with E-state index >= 15 is 0 Å². The Morgan fingerprint density at radius 1 is 1.56 bits per heavy atom. The molecule has 0 aromatic carbocycles. The topological polar surface area (TPSA) is 34.1 Å². The van der Waals surface area contributed by atoms with E-state index in [4.69, 9.17) is 4.74 Å². The third kappa shape index (κ3) is 2.95. The second-order valence-corrected chi connectivity index (χ2v) is 5.45. The lowest BCUT2D eigenvalue weighted by Gasteiger charge is -2.14. The number of nitrogens with one attached hydrogen (secondary N) is 1. The zero-order chi connectivity index (χ0) is 11.4. The molecule has 0 aliphatic heterocycles. The summed E-state index contributed by atoms with van der Waals surface area (Å²) in [4.78, 5) is 4.52. The fraction of sp³-hybridized carbons (Fsp3) is 0.750. The van der Waals surface area contributed by atoms with Gasteiger partial charge in [0.1, 0.15) is 0 Å². The van der Waals surface area contributed by atoms with Crippen molar-refractivity contribution in [1.29, 1.82) is 0 Å². The van der Waals surface area contributed by atoms with Crippen molar-refractivity contribution in [3.8, 4) is 0 Å². The Balaban J connectivity index is 1.78. The molecule has 0 spiro atoms. The van der Waals surface area contributed by atoms with Crippen molar-refractivity contribution in [1.82, 2.24) is 4.98 Å². The molecule has 0 atom stereocenters. The number of thiazole rings is 1. The number of nitrogens with zero attached hydrogens (tertiary/aromatic N) is 1. The van der Waals surface area contributed by atoms with E-state index in [2.05, 4.69) is 22.6 Å². The second-order valence-electron chi connectivity index (χ2n) is 4.59. The van der Waals surface area contributed by atoms with Gasteiger partial charge < -0.3 is 10.1 Å². The minimum atomic E-state index is 0.494. The molecule has 1 fully saturated rings. The van der Waals surface area contributed by atoms with Gasteiger partial charge in [-0.25, -0.2) is 4.98 Å². The van der Waals surface area contributed by atoms with Gasteiger partial charge in [0.05, 0.1) is 5.69 Å². The Bertz CT molecular complexity index is 334. The molecule has 1 N–H and O–H groups in total. The van der Waals surface area contributed by atoms with E-state index in [0.717, 1.165) is 24.7 Å². The van der Waals surface area contributed by atoms with Gasteiger partial charge in [0.25, 0.3) is 0 Å². The quantitative estimate of drug-likeness (QED) is 0.795. The number of rotatable bonds is 7. The van der Waals surface area contributed by atoms with E-state index in [1.807, 2.05) is 0 Å².